The van der Waals surface area contributed by atoms with Gasteiger partial charge < -0.3 is 14.9 Å². The maximum Gasteiger partial charge on any atom is 0.301 e. The van der Waals surface area contributed by atoms with E-state index in [0.29, 0.717) is 28.5 Å². The number of aromatic nitrogens is 2. The number of Topliss-reactive ketones (excluding diaryl/α,β-unsaturated/α-hetero) is 1. The molecule has 0 radical (unpaired) electrons. The third kappa shape index (κ3) is 4.45. The van der Waals surface area contributed by atoms with Crippen LogP contribution in [0.5, 0.6) is 11.5 Å². The summed E-state index contributed by atoms with van der Waals surface area (Å²) in [6, 6.07) is 11.9. The first-order valence-electron chi connectivity index (χ1n) is 10.5. The van der Waals surface area contributed by atoms with Gasteiger partial charge in [0.2, 0.25) is 5.13 Å². The standard InChI is InChI=1S/C24H23N3O5S/c1-3-4-13-32-18-11-7-16(8-12-18)21(29)19-20(15-5-9-17(28)10-6-15)27(23(31)22(19)30)24-26-25-14(2)33-24/h5-12,20,28-29H,3-4,13H2,1-2H3/t20-/m1/s1. The Morgan fingerprint density at radius 3 is 2.39 bits per heavy atom. The third-order valence-electron chi connectivity index (χ3n) is 5.27. The Kier molecular flexibility index (Phi) is 6.41. The van der Waals surface area contributed by atoms with E-state index in [2.05, 4.69) is 17.1 Å². The number of aliphatic hydroxyl groups excluding tert-OH is 1. The van der Waals surface area contributed by atoms with Crippen LogP contribution in [0.1, 0.15) is 41.9 Å². The summed E-state index contributed by atoms with van der Waals surface area (Å²) in [6.07, 6.45) is 1.95. The molecule has 1 atom stereocenters. The van der Waals surface area contributed by atoms with Crippen LogP contribution >= 0.6 is 11.3 Å². The predicted molar refractivity (Wildman–Crippen MR) is 124 cm³/mol. The van der Waals surface area contributed by atoms with Crippen molar-refractivity contribution in [3.8, 4) is 11.5 Å². The Labute approximate surface area is 194 Å². The summed E-state index contributed by atoms with van der Waals surface area (Å²) in [5.41, 5.74) is 0.868. The van der Waals surface area contributed by atoms with Gasteiger partial charge in [0.1, 0.15) is 22.3 Å². The molecule has 1 aliphatic rings. The van der Waals surface area contributed by atoms with Gasteiger partial charge in [-0.3, -0.25) is 14.5 Å². The van der Waals surface area contributed by atoms with Crippen LogP contribution in [-0.4, -0.2) is 38.7 Å². The minimum Gasteiger partial charge on any atom is -0.508 e. The lowest BCUT2D eigenvalue weighted by Crippen LogP contribution is -2.29. The number of amides is 1. The van der Waals surface area contributed by atoms with Crippen molar-refractivity contribution in [2.45, 2.75) is 32.7 Å². The van der Waals surface area contributed by atoms with Crippen molar-refractivity contribution in [2.75, 3.05) is 11.5 Å². The van der Waals surface area contributed by atoms with E-state index in [0.717, 1.165) is 12.8 Å². The second-order valence-electron chi connectivity index (χ2n) is 7.59. The Morgan fingerprint density at radius 1 is 1.09 bits per heavy atom. The highest BCUT2D eigenvalue weighted by molar-refractivity contribution is 7.15. The molecule has 1 amide bonds. The summed E-state index contributed by atoms with van der Waals surface area (Å²) in [4.78, 5) is 27.3. The number of rotatable bonds is 7. The molecule has 0 aliphatic carbocycles. The van der Waals surface area contributed by atoms with E-state index in [1.165, 1.54) is 28.4 Å². The molecule has 1 aliphatic heterocycles. The number of unbranched alkanes of at least 4 members (excludes halogenated alkanes) is 1. The van der Waals surface area contributed by atoms with Crippen molar-refractivity contribution in [2.24, 2.45) is 0 Å². The molecule has 1 fully saturated rings. The Balaban J connectivity index is 1.78. The van der Waals surface area contributed by atoms with Crippen LogP contribution in [-0.2, 0) is 9.59 Å². The highest BCUT2D eigenvalue weighted by Gasteiger charge is 2.48. The first kappa shape index (κ1) is 22.5. The van der Waals surface area contributed by atoms with Gasteiger partial charge in [0.25, 0.3) is 5.78 Å². The molecular formula is C24H23N3O5S. The number of phenolic OH excluding ortho intramolecular Hbond substituents is 1. The number of anilines is 1. The van der Waals surface area contributed by atoms with E-state index in [4.69, 9.17) is 4.74 Å². The van der Waals surface area contributed by atoms with E-state index in [1.54, 1.807) is 43.3 Å². The lowest BCUT2D eigenvalue weighted by atomic mass is 9.95. The summed E-state index contributed by atoms with van der Waals surface area (Å²) in [5.74, 6) is -1.22. The van der Waals surface area contributed by atoms with E-state index >= 15 is 0 Å². The molecule has 2 heterocycles. The summed E-state index contributed by atoms with van der Waals surface area (Å²) in [5, 5.41) is 29.7. The maximum atomic E-state index is 13.1. The summed E-state index contributed by atoms with van der Waals surface area (Å²) >= 11 is 1.17. The second kappa shape index (κ2) is 9.41. The molecule has 1 aromatic heterocycles. The quantitative estimate of drug-likeness (QED) is 0.231. The number of carbonyl (C=O) groups is 2. The lowest BCUT2D eigenvalue weighted by Gasteiger charge is -2.22. The molecule has 3 aromatic rings. The number of hydrogen-bond acceptors (Lipinski definition) is 8. The SMILES string of the molecule is CCCCOc1ccc(C(O)=C2C(=O)C(=O)N(c3nnc(C)s3)[C@@H]2c2ccc(O)cc2)cc1. The minimum absolute atomic E-state index is 0.0427. The van der Waals surface area contributed by atoms with Crippen molar-refractivity contribution < 1.29 is 24.5 Å². The fraction of sp³-hybridized carbons (Fsp3) is 0.250. The topological polar surface area (TPSA) is 113 Å². The van der Waals surface area contributed by atoms with Gasteiger partial charge in [-0.2, -0.15) is 0 Å². The highest BCUT2D eigenvalue weighted by Crippen LogP contribution is 2.43. The average molecular weight is 466 g/mol. The number of carbonyl (C=O) groups excluding carboxylic acids is 2. The number of aromatic hydroxyl groups is 1. The maximum absolute atomic E-state index is 13.1. The molecule has 0 bridgehead atoms. The van der Waals surface area contributed by atoms with Crippen LogP contribution < -0.4 is 9.64 Å². The van der Waals surface area contributed by atoms with E-state index in [1.807, 2.05) is 0 Å². The van der Waals surface area contributed by atoms with E-state index in [-0.39, 0.29) is 22.2 Å². The summed E-state index contributed by atoms with van der Waals surface area (Å²) < 4.78 is 5.66. The van der Waals surface area contributed by atoms with E-state index in [9.17, 15) is 19.8 Å². The summed E-state index contributed by atoms with van der Waals surface area (Å²) in [6.45, 7) is 4.42. The normalized spacial score (nSPS) is 17.5. The first-order valence-corrected chi connectivity index (χ1v) is 11.4. The highest BCUT2D eigenvalue weighted by atomic mass is 32.1. The molecule has 4 rings (SSSR count). The molecule has 8 nitrogen and oxygen atoms in total. The van der Waals surface area contributed by atoms with Gasteiger partial charge in [0.05, 0.1) is 18.2 Å². The number of hydrogen-bond donors (Lipinski definition) is 2. The smallest absolute Gasteiger partial charge is 0.301 e. The van der Waals surface area contributed by atoms with Crippen LogP contribution in [0.4, 0.5) is 5.13 Å². The molecule has 9 heteroatoms. The van der Waals surface area contributed by atoms with Crippen molar-refractivity contribution in [1.82, 2.24) is 10.2 Å². The van der Waals surface area contributed by atoms with Gasteiger partial charge in [0, 0.05) is 5.56 Å². The van der Waals surface area contributed by atoms with Gasteiger partial charge in [-0.25, -0.2) is 0 Å². The zero-order valence-electron chi connectivity index (χ0n) is 18.2. The molecular weight excluding hydrogens is 442 g/mol. The molecule has 0 saturated carbocycles. The number of ether oxygens (including phenoxy) is 1. The molecule has 0 unspecified atom stereocenters. The van der Waals surface area contributed by atoms with Crippen LogP contribution in [0.3, 0.4) is 0 Å². The van der Waals surface area contributed by atoms with Gasteiger partial charge in [-0.1, -0.05) is 36.8 Å². The zero-order valence-corrected chi connectivity index (χ0v) is 19.0. The van der Waals surface area contributed by atoms with E-state index < -0.39 is 17.7 Å². The molecule has 170 valence electrons. The summed E-state index contributed by atoms with van der Waals surface area (Å²) in [7, 11) is 0. The monoisotopic (exact) mass is 465 g/mol. The van der Waals surface area contributed by atoms with Crippen molar-refractivity contribution in [1.29, 1.82) is 0 Å². The van der Waals surface area contributed by atoms with Gasteiger partial charge in [0.15, 0.2) is 0 Å². The third-order valence-corrected chi connectivity index (χ3v) is 6.11. The molecule has 2 aromatic carbocycles. The fourth-order valence-corrected chi connectivity index (χ4v) is 4.30. The lowest BCUT2D eigenvalue weighted by molar-refractivity contribution is -0.132. The molecule has 1 saturated heterocycles. The molecule has 0 spiro atoms. The second-order valence-corrected chi connectivity index (χ2v) is 8.75. The number of aliphatic hydroxyl groups is 1. The number of nitrogens with zero attached hydrogens (tertiary/aromatic N) is 3. The van der Waals surface area contributed by atoms with Crippen molar-refractivity contribution in [3.05, 3.63) is 70.2 Å². The fourth-order valence-electron chi connectivity index (χ4n) is 3.58. The van der Waals surface area contributed by atoms with Crippen molar-refractivity contribution in [3.63, 3.8) is 0 Å². The molecule has 2 N–H and O–H groups in total. The van der Waals surface area contributed by atoms with Gasteiger partial charge >= 0.3 is 5.91 Å². The largest absolute Gasteiger partial charge is 0.508 e. The van der Waals surface area contributed by atoms with Gasteiger partial charge in [-0.05, 0) is 55.3 Å². The Bertz CT molecular complexity index is 1200. The number of phenols is 1. The van der Waals surface area contributed by atoms with Crippen LogP contribution in [0.25, 0.3) is 5.76 Å². The minimum atomic E-state index is -0.918. The Morgan fingerprint density at radius 2 is 1.79 bits per heavy atom. The van der Waals surface area contributed by atoms with Crippen LogP contribution in [0.15, 0.2) is 54.1 Å². The first-order chi connectivity index (χ1) is 15.9. The van der Waals surface area contributed by atoms with Crippen LogP contribution in [0.2, 0.25) is 0 Å². The number of aryl methyl sites for hydroxylation is 1. The average Bonchev–Trinajstić information content (AvgIpc) is 3.35. The predicted octanol–water partition coefficient (Wildman–Crippen LogP) is 4.36. The zero-order chi connectivity index (χ0) is 23.5. The van der Waals surface area contributed by atoms with Crippen LogP contribution in [0, 0.1) is 6.92 Å². The number of ketones is 1. The Hall–Kier alpha value is -3.72. The van der Waals surface area contributed by atoms with Gasteiger partial charge in [-0.15, -0.1) is 10.2 Å². The number of benzene rings is 2. The molecule has 33 heavy (non-hydrogen) atoms. The van der Waals surface area contributed by atoms with Crippen molar-refractivity contribution >= 4 is 33.9 Å².